The van der Waals surface area contributed by atoms with Crippen molar-refractivity contribution in [2.75, 3.05) is 14.2 Å². The standard InChI is InChI=1S/C13H17F2NO3/c1-13(16-2,8-11(17)18-3)9-6-4-5-7-10(9)19-12(14)15/h4-7,12,16H,8H2,1-3H3. The molecular formula is C13H17F2NO3. The summed E-state index contributed by atoms with van der Waals surface area (Å²) in [5, 5.41) is 2.95. The van der Waals surface area contributed by atoms with Gasteiger partial charge in [-0.15, -0.1) is 0 Å². The molecule has 0 spiro atoms. The van der Waals surface area contributed by atoms with Gasteiger partial charge >= 0.3 is 12.6 Å². The van der Waals surface area contributed by atoms with E-state index in [-0.39, 0.29) is 12.2 Å². The first kappa shape index (κ1) is 15.4. The van der Waals surface area contributed by atoms with Crippen molar-refractivity contribution in [3.63, 3.8) is 0 Å². The number of hydrogen-bond donors (Lipinski definition) is 1. The number of halogens is 2. The number of hydrogen-bond acceptors (Lipinski definition) is 4. The molecule has 0 aliphatic heterocycles. The Morgan fingerprint density at radius 2 is 2.05 bits per heavy atom. The lowest BCUT2D eigenvalue weighted by Gasteiger charge is -2.30. The Bertz CT molecular complexity index is 440. The van der Waals surface area contributed by atoms with E-state index in [2.05, 4.69) is 14.8 Å². The van der Waals surface area contributed by atoms with E-state index in [0.717, 1.165) is 0 Å². The molecule has 1 unspecified atom stereocenters. The topological polar surface area (TPSA) is 47.6 Å². The van der Waals surface area contributed by atoms with Crippen LogP contribution >= 0.6 is 0 Å². The molecule has 1 atom stereocenters. The molecule has 0 fully saturated rings. The van der Waals surface area contributed by atoms with E-state index in [1.165, 1.54) is 13.2 Å². The highest BCUT2D eigenvalue weighted by atomic mass is 19.3. The largest absolute Gasteiger partial charge is 0.469 e. The second-order valence-corrected chi connectivity index (χ2v) is 4.21. The van der Waals surface area contributed by atoms with Crippen LogP contribution in [0.1, 0.15) is 18.9 Å². The summed E-state index contributed by atoms with van der Waals surface area (Å²) in [6, 6.07) is 6.36. The SMILES string of the molecule is CNC(C)(CC(=O)OC)c1ccccc1OC(F)F. The molecule has 6 heteroatoms. The molecule has 1 aromatic rings. The minimum Gasteiger partial charge on any atom is -0.469 e. The predicted molar refractivity (Wildman–Crippen MR) is 66.1 cm³/mol. The summed E-state index contributed by atoms with van der Waals surface area (Å²) in [5.41, 5.74) is -0.373. The van der Waals surface area contributed by atoms with Gasteiger partial charge in [0.1, 0.15) is 5.75 Å². The molecule has 0 amide bonds. The smallest absolute Gasteiger partial charge is 0.387 e. The fourth-order valence-electron chi connectivity index (χ4n) is 1.80. The van der Waals surface area contributed by atoms with Gasteiger partial charge in [0.2, 0.25) is 0 Å². The van der Waals surface area contributed by atoms with E-state index in [4.69, 9.17) is 0 Å². The van der Waals surface area contributed by atoms with Crippen molar-refractivity contribution in [2.24, 2.45) is 0 Å². The number of alkyl halides is 2. The van der Waals surface area contributed by atoms with Crippen molar-refractivity contribution >= 4 is 5.97 Å². The van der Waals surface area contributed by atoms with Crippen LogP contribution in [0.5, 0.6) is 5.75 Å². The van der Waals surface area contributed by atoms with Gasteiger partial charge in [0.25, 0.3) is 0 Å². The van der Waals surface area contributed by atoms with Crippen LogP contribution in [-0.4, -0.2) is 26.7 Å². The van der Waals surface area contributed by atoms with Crippen LogP contribution in [0.3, 0.4) is 0 Å². The molecule has 0 saturated heterocycles. The van der Waals surface area contributed by atoms with Crippen LogP contribution in [-0.2, 0) is 15.1 Å². The molecule has 0 aromatic heterocycles. The maximum atomic E-state index is 12.4. The molecule has 0 bridgehead atoms. The molecule has 0 heterocycles. The van der Waals surface area contributed by atoms with Gasteiger partial charge in [-0.3, -0.25) is 4.79 Å². The van der Waals surface area contributed by atoms with Crippen LogP contribution in [0.15, 0.2) is 24.3 Å². The van der Waals surface area contributed by atoms with Crippen molar-refractivity contribution in [3.05, 3.63) is 29.8 Å². The molecule has 19 heavy (non-hydrogen) atoms. The number of carbonyl (C=O) groups is 1. The first-order valence-corrected chi connectivity index (χ1v) is 5.73. The zero-order chi connectivity index (χ0) is 14.5. The van der Waals surface area contributed by atoms with E-state index in [9.17, 15) is 13.6 Å². The van der Waals surface area contributed by atoms with Crippen molar-refractivity contribution in [3.8, 4) is 5.75 Å². The molecule has 0 aliphatic carbocycles. The summed E-state index contributed by atoms with van der Waals surface area (Å²) in [6.45, 7) is -1.20. The normalized spacial score (nSPS) is 14.0. The molecule has 1 aromatic carbocycles. The number of rotatable bonds is 6. The van der Waals surface area contributed by atoms with Gasteiger partial charge < -0.3 is 14.8 Å². The number of nitrogens with one attached hydrogen (secondary N) is 1. The van der Waals surface area contributed by atoms with Crippen molar-refractivity contribution in [2.45, 2.75) is 25.5 Å². The van der Waals surface area contributed by atoms with Crippen molar-refractivity contribution < 1.29 is 23.0 Å². The summed E-state index contributed by atoms with van der Waals surface area (Å²) in [5.74, 6) is -0.401. The van der Waals surface area contributed by atoms with Gasteiger partial charge in [-0.2, -0.15) is 8.78 Å². The van der Waals surface area contributed by atoms with Crippen LogP contribution in [0.4, 0.5) is 8.78 Å². The summed E-state index contributed by atoms with van der Waals surface area (Å²) >= 11 is 0. The predicted octanol–water partition coefficient (Wildman–Crippen LogP) is 2.29. The number of carbonyl (C=O) groups excluding carboxylic acids is 1. The monoisotopic (exact) mass is 273 g/mol. The third-order valence-corrected chi connectivity index (χ3v) is 2.97. The lowest BCUT2D eigenvalue weighted by Crippen LogP contribution is -2.39. The van der Waals surface area contributed by atoms with Gasteiger partial charge in [0.05, 0.1) is 19.1 Å². The molecule has 4 nitrogen and oxygen atoms in total. The van der Waals surface area contributed by atoms with Crippen LogP contribution in [0.2, 0.25) is 0 Å². The highest BCUT2D eigenvalue weighted by Crippen LogP contribution is 2.33. The first-order valence-electron chi connectivity index (χ1n) is 5.73. The van der Waals surface area contributed by atoms with Crippen molar-refractivity contribution in [1.29, 1.82) is 0 Å². The second kappa shape index (κ2) is 6.47. The Hall–Kier alpha value is -1.69. The fraction of sp³-hybridized carbons (Fsp3) is 0.462. The highest BCUT2D eigenvalue weighted by Gasteiger charge is 2.31. The summed E-state index contributed by atoms with van der Waals surface area (Å²) in [6.07, 6.45) is 0.00358. The van der Waals surface area contributed by atoms with E-state index >= 15 is 0 Å². The van der Waals surface area contributed by atoms with Crippen LogP contribution in [0.25, 0.3) is 0 Å². The zero-order valence-corrected chi connectivity index (χ0v) is 11.1. The van der Waals surface area contributed by atoms with Gasteiger partial charge in [-0.1, -0.05) is 18.2 Å². The lowest BCUT2D eigenvalue weighted by atomic mass is 9.88. The third-order valence-electron chi connectivity index (χ3n) is 2.97. The highest BCUT2D eigenvalue weighted by molar-refractivity contribution is 5.71. The zero-order valence-electron chi connectivity index (χ0n) is 11.1. The summed E-state index contributed by atoms with van der Waals surface area (Å²) in [7, 11) is 2.92. The third kappa shape index (κ3) is 3.89. The summed E-state index contributed by atoms with van der Waals surface area (Å²) in [4.78, 5) is 11.4. The minimum atomic E-state index is -2.92. The maximum Gasteiger partial charge on any atom is 0.387 e. The van der Waals surface area contributed by atoms with E-state index in [1.807, 2.05) is 0 Å². The van der Waals surface area contributed by atoms with Crippen LogP contribution < -0.4 is 10.1 Å². The lowest BCUT2D eigenvalue weighted by molar-refractivity contribution is -0.142. The molecule has 0 aliphatic rings. The van der Waals surface area contributed by atoms with Crippen molar-refractivity contribution in [1.82, 2.24) is 5.32 Å². The quantitative estimate of drug-likeness (QED) is 0.808. The number of ether oxygens (including phenoxy) is 2. The van der Waals surface area contributed by atoms with E-state index in [1.54, 1.807) is 32.2 Å². The summed E-state index contributed by atoms with van der Waals surface area (Å²) < 4.78 is 33.9. The Balaban J connectivity index is 3.13. The molecule has 0 saturated carbocycles. The molecule has 0 radical (unpaired) electrons. The molecule has 106 valence electrons. The number of para-hydroxylation sites is 1. The number of benzene rings is 1. The number of esters is 1. The van der Waals surface area contributed by atoms with Gasteiger partial charge in [-0.05, 0) is 20.0 Å². The molecule has 1 rings (SSSR count). The van der Waals surface area contributed by atoms with Crippen LogP contribution in [0, 0.1) is 0 Å². The van der Waals surface area contributed by atoms with Gasteiger partial charge in [0.15, 0.2) is 0 Å². The molecular weight excluding hydrogens is 256 g/mol. The Morgan fingerprint density at radius 1 is 1.42 bits per heavy atom. The average molecular weight is 273 g/mol. The Morgan fingerprint density at radius 3 is 2.58 bits per heavy atom. The van der Waals surface area contributed by atoms with E-state index in [0.29, 0.717) is 5.56 Å². The number of methoxy groups -OCH3 is 1. The first-order chi connectivity index (χ1) is 8.92. The Labute approximate surface area is 110 Å². The average Bonchev–Trinajstić information content (AvgIpc) is 2.38. The second-order valence-electron chi connectivity index (χ2n) is 4.21. The van der Waals surface area contributed by atoms with Gasteiger partial charge in [-0.25, -0.2) is 0 Å². The molecule has 1 N–H and O–H groups in total. The fourth-order valence-corrected chi connectivity index (χ4v) is 1.80. The van der Waals surface area contributed by atoms with E-state index < -0.39 is 18.1 Å². The maximum absolute atomic E-state index is 12.4. The Kier molecular flexibility index (Phi) is 5.23. The van der Waals surface area contributed by atoms with Gasteiger partial charge in [0, 0.05) is 5.56 Å². The minimum absolute atomic E-state index is 0.00358.